The maximum atomic E-state index is 13.6. The molecule has 1 saturated carbocycles. The van der Waals surface area contributed by atoms with Gasteiger partial charge in [0.25, 0.3) is 5.91 Å². The van der Waals surface area contributed by atoms with Crippen LogP contribution in [0.1, 0.15) is 35.2 Å². The Hall–Kier alpha value is -3.41. The number of piperazine rings is 1. The summed E-state index contributed by atoms with van der Waals surface area (Å²) >= 11 is 0. The molecule has 0 spiro atoms. The molecule has 2 amide bonds. The van der Waals surface area contributed by atoms with E-state index < -0.39 is 35.4 Å². The van der Waals surface area contributed by atoms with Crippen molar-refractivity contribution >= 4 is 29.3 Å². The van der Waals surface area contributed by atoms with E-state index in [1.807, 2.05) is 7.05 Å². The molecule has 2 fully saturated rings. The lowest BCUT2D eigenvalue weighted by Gasteiger charge is -2.32. The number of anilines is 3. The molecule has 1 saturated heterocycles. The highest BCUT2D eigenvalue weighted by molar-refractivity contribution is 5.94. The Balaban J connectivity index is 1.49. The SMILES string of the molecule is CN1CCN(C(=O)c2ccc(Nc3ncc(C(F)(F)F)c(N[C@@H]4CCC[C@H]4C(N)=O)n3)cc2)CC1. The highest BCUT2D eigenvalue weighted by Crippen LogP contribution is 2.36. The van der Waals surface area contributed by atoms with E-state index in [1.165, 1.54) is 0 Å². The number of rotatable bonds is 6. The second-order valence-corrected chi connectivity index (χ2v) is 8.94. The van der Waals surface area contributed by atoms with E-state index in [2.05, 4.69) is 25.5 Å². The summed E-state index contributed by atoms with van der Waals surface area (Å²) in [5.41, 5.74) is 5.43. The molecule has 2 heterocycles. The molecule has 9 nitrogen and oxygen atoms in total. The molecule has 4 N–H and O–H groups in total. The molecule has 0 radical (unpaired) electrons. The fourth-order valence-corrected chi connectivity index (χ4v) is 4.43. The van der Waals surface area contributed by atoms with E-state index >= 15 is 0 Å². The van der Waals surface area contributed by atoms with Crippen LogP contribution in [0.2, 0.25) is 0 Å². The van der Waals surface area contributed by atoms with Crippen LogP contribution < -0.4 is 16.4 Å². The first-order valence-corrected chi connectivity index (χ1v) is 11.5. The molecule has 1 aromatic heterocycles. The summed E-state index contributed by atoms with van der Waals surface area (Å²) in [6.45, 7) is 2.94. The van der Waals surface area contributed by atoms with Gasteiger partial charge in [-0.2, -0.15) is 18.2 Å². The van der Waals surface area contributed by atoms with Gasteiger partial charge in [0, 0.05) is 49.7 Å². The molecule has 188 valence electrons. The summed E-state index contributed by atoms with van der Waals surface area (Å²) in [5, 5.41) is 5.65. The number of aromatic nitrogens is 2. The van der Waals surface area contributed by atoms with Crippen LogP contribution in [-0.4, -0.2) is 70.9 Å². The third kappa shape index (κ3) is 5.81. The number of carbonyl (C=O) groups is 2. The third-order valence-corrected chi connectivity index (χ3v) is 6.48. The third-order valence-electron chi connectivity index (χ3n) is 6.48. The van der Waals surface area contributed by atoms with Crippen molar-refractivity contribution in [1.29, 1.82) is 0 Å². The van der Waals surface area contributed by atoms with Gasteiger partial charge in [0.15, 0.2) is 0 Å². The lowest BCUT2D eigenvalue weighted by molar-refractivity contribution is -0.137. The number of nitrogens with zero attached hydrogens (tertiary/aromatic N) is 4. The lowest BCUT2D eigenvalue weighted by atomic mass is 10.0. The van der Waals surface area contributed by atoms with Crippen LogP contribution in [0, 0.1) is 5.92 Å². The zero-order valence-electron chi connectivity index (χ0n) is 19.3. The maximum absolute atomic E-state index is 13.6. The first kappa shape index (κ1) is 24.7. The number of primary amides is 1. The fraction of sp³-hybridized carbons (Fsp3) is 0.478. The summed E-state index contributed by atoms with van der Waals surface area (Å²) in [7, 11) is 2.01. The highest BCUT2D eigenvalue weighted by atomic mass is 19.4. The Bertz CT molecular complexity index is 1070. The molecule has 12 heteroatoms. The standard InChI is InChI=1S/C23H28F3N7O2/c1-32-9-11-33(12-10-32)21(35)14-5-7-15(8-6-14)29-22-28-13-17(23(24,25)26)20(31-22)30-18-4-2-3-16(18)19(27)34/h5-8,13,16,18H,2-4,9-12H2,1H3,(H2,27,34)(H2,28,29,30,31)/t16-,18-/m1/s1. The number of hydrogen-bond acceptors (Lipinski definition) is 7. The number of carbonyl (C=O) groups excluding carboxylic acids is 2. The van der Waals surface area contributed by atoms with Crippen LogP contribution in [0.25, 0.3) is 0 Å². The Kier molecular flexibility index (Phi) is 7.10. The van der Waals surface area contributed by atoms with Gasteiger partial charge in [0.2, 0.25) is 11.9 Å². The summed E-state index contributed by atoms with van der Waals surface area (Å²) in [6, 6.07) is 6.08. The lowest BCUT2D eigenvalue weighted by Crippen LogP contribution is -2.47. The Morgan fingerprint density at radius 2 is 1.77 bits per heavy atom. The molecule has 35 heavy (non-hydrogen) atoms. The number of nitrogens with one attached hydrogen (secondary N) is 2. The predicted molar refractivity (Wildman–Crippen MR) is 124 cm³/mol. The van der Waals surface area contributed by atoms with Crippen LogP contribution in [0.15, 0.2) is 30.5 Å². The smallest absolute Gasteiger partial charge is 0.369 e. The van der Waals surface area contributed by atoms with Crippen LogP contribution in [-0.2, 0) is 11.0 Å². The van der Waals surface area contributed by atoms with Gasteiger partial charge in [-0.1, -0.05) is 6.42 Å². The number of benzene rings is 1. The largest absolute Gasteiger partial charge is 0.421 e. The molecule has 2 aliphatic rings. The number of halogens is 3. The first-order valence-electron chi connectivity index (χ1n) is 11.5. The van der Waals surface area contributed by atoms with Crippen molar-refractivity contribution in [3.05, 3.63) is 41.6 Å². The highest BCUT2D eigenvalue weighted by Gasteiger charge is 2.38. The van der Waals surface area contributed by atoms with E-state index in [-0.39, 0.29) is 11.9 Å². The van der Waals surface area contributed by atoms with Crippen molar-refractivity contribution in [1.82, 2.24) is 19.8 Å². The molecule has 2 aromatic rings. The summed E-state index contributed by atoms with van der Waals surface area (Å²) < 4.78 is 40.7. The monoisotopic (exact) mass is 491 g/mol. The Labute approximate surface area is 200 Å². The van der Waals surface area contributed by atoms with Crippen molar-refractivity contribution in [2.45, 2.75) is 31.5 Å². The first-order chi connectivity index (χ1) is 16.6. The van der Waals surface area contributed by atoms with Gasteiger partial charge in [0.05, 0.1) is 5.92 Å². The zero-order chi connectivity index (χ0) is 25.2. The number of likely N-dealkylation sites (N-methyl/N-ethyl adjacent to an activating group) is 1. The van der Waals surface area contributed by atoms with Gasteiger partial charge in [-0.15, -0.1) is 0 Å². The van der Waals surface area contributed by atoms with Crippen LogP contribution in [0.5, 0.6) is 0 Å². The molecule has 2 atom stereocenters. The summed E-state index contributed by atoms with van der Waals surface area (Å²) in [6.07, 6.45) is -2.25. The quantitative estimate of drug-likeness (QED) is 0.569. The average molecular weight is 492 g/mol. The van der Waals surface area contributed by atoms with Gasteiger partial charge >= 0.3 is 6.18 Å². The van der Waals surface area contributed by atoms with E-state index in [4.69, 9.17) is 5.73 Å². The molecule has 1 aromatic carbocycles. The normalized spacial score (nSPS) is 21.1. The van der Waals surface area contributed by atoms with Crippen molar-refractivity contribution in [2.75, 3.05) is 43.9 Å². The topological polar surface area (TPSA) is 116 Å². The predicted octanol–water partition coefficient (Wildman–Crippen LogP) is 2.69. The van der Waals surface area contributed by atoms with Crippen LogP contribution >= 0.6 is 0 Å². The Morgan fingerprint density at radius 3 is 2.40 bits per heavy atom. The minimum absolute atomic E-state index is 0.0488. The molecule has 1 aliphatic heterocycles. The van der Waals surface area contributed by atoms with Gasteiger partial charge in [0.1, 0.15) is 11.4 Å². The number of amides is 2. The maximum Gasteiger partial charge on any atom is 0.421 e. The zero-order valence-corrected chi connectivity index (χ0v) is 19.3. The van der Waals surface area contributed by atoms with Crippen molar-refractivity contribution < 1.29 is 22.8 Å². The van der Waals surface area contributed by atoms with Gasteiger partial charge in [-0.25, -0.2) is 4.98 Å². The average Bonchev–Trinajstić information content (AvgIpc) is 3.27. The summed E-state index contributed by atoms with van der Waals surface area (Å²) in [4.78, 5) is 36.2. The van der Waals surface area contributed by atoms with Gasteiger partial charge in [-0.3, -0.25) is 9.59 Å². The van der Waals surface area contributed by atoms with E-state index in [0.717, 1.165) is 13.1 Å². The second-order valence-electron chi connectivity index (χ2n) is 8.94. The van der Waals surface area contributed by atoms with E-state index in [1.54, 1.807) is 29.2 Å². The minimum Gasteiger partial charge on any atom is -0.369 e. The minimum atomic E-state index is -4.67. The van der Waals surface area contributed by atoms with Gasteiger partial charge in [-0.05, 0) is 44.2 Å². The molecule has 0 bridgehead atoms. The number of hydrogen-bond donors (Lipinski definition) is 3. The van der Waals surface area contributed by atoms with Crippen molar-refractivity contribution in [3.8, 4) is 0 Å². The molecule has 0 unspecified atom stereocenters. The molecular weight excluding hydrogens is 463 g/mol. The Morgan fingerprint density at radius 1 is 1.09 bits per heavy atom. The van der Waals surface area contributed by atoms with Crippen LogP contribution in [0.4, 0.5) is 30.6 Å². The number of alkyl halides is 3. The van der Waals surface area contributed by atoms with E-state index in [9.17, 15) is 22.8 Å². The van der Waals surface area contributed by atoms with Gasteiger partial charge < -0.3 is 26.2 Å². The van der Waals surface area contributed by atoms with Crippen molar-refractivity contribution in [2.24, 2.45) is 11.7 Å². The van der Waals surface area contributed by atoms with E-state index in [0.29, 0.717) is 49.8 Å². The molecular formula is C23H28F3N7O2. The number of nitrogens with two attached hydrogens (primary N) is 1. The fourth-order valence-electron chi connectivity index (χ4n) is 4.43. The molecule has 1 aliphatic carbocycles. The van der Waals surface area contributed by atoms with Crippen LogP contribution in [0.3, 0.4) is 0 Å². The second kappa shape index (κ2) is 10.1. The summed E-state index contributed by atoms with van der Waals surface area (Å²) in [5.74, 6) is -1.63. The van der Waals surface area contributed by atoms with Crippen molar-refractivity contribution in [3.63, 3.8) is 0 Å². The molecule has 4 rings (SSSR count).